The predicted octanol–water partition coefficient (Wildman–Crippen LogP) is 7.06. The zero-order valence-electron chi connectivity index (χ0n) is 12.8. The number of rotatable bonds is 1. The third-order valence-electron chi connectivity index (χ3n) is 4.53. The SMILES string of the molecule is Clc1ccc2oc3ccccc3c2c1-c1ccc2ccccc2c1. The van der Waals surface area contributed by atoms with Crippen LogP contribution in [0.2, 0.25) is 5.02 Å². The summed E-state index contributed by atoms with van der Waals surface area (Å²) in [5, 5.41) is 5.34. The molecule has 5 rings (SSSR count). The van der Waals surface area contributed by atoms with E-state index in [4.69, 9.17) is 16.0 Å². The van der Waals surface area contributed by atoms with Gasteiger partial charge in [-0.1, -0.05) is 66.2 Å². The van der Waals surface area contributed by atoms with Gasteiger partial charge in [-0.25, -0.2) is 0 Å². The van der Waals surface area contributed by atoms with Gasteiger partial charge in [0.1, 0.15) is 11.2 Å². The van der Waals surface area contributed by atoms with Crippen LogP contribution in [0.3, 0.4) is 0 Å². The summed E-state index contributed by atoms with van der Waals surface area (Å²) in [7, 11) is 0. The van der Waals surface area contributed by atoms with Gasteiger partial charge in [-0.3, -0.25) is 0 Å². The van der Waals surface area contributed by atoms with E-state index >= 15 is 0 Å². The van der Waals surface area contributed by atoms with Crippen molar-refractivity contribution in [3.05, 3.63) is 83.9 Å². The molecular weight excluding hydrogens is 316 g/mol. The van der Waals surface area contributed by atoms with Gasteiger partial charge in [0.15, 0.2) is 0 Å². The number of furan rings is 1. The zero-order chi connectivity index (χ0) is 16.1. The quantitative estimate of drug-likeness (QED) is 0.321. The van der Waals surface area contributed by atoms with Crippen LogP contribution in [0.25, 0.3) is 43.8 Å². The average molecular weight is 329 g/mol. The fraction of sp³-hybridized carbons (Fsp3) is 0. The first-order chi connectivity index (χ1) is 11.8. The fourth-order valence-corrected chi connectivity index (χ4v) is 3.68. The Labute approximate surface area is 144 Å². The molecule has 0 amide bonds. The maximum atomic E-state index is 6.60. The molecule has 0 aliphatic carbocycles. The lowest BCUT2D eigenvalue weighted by atomic mass is 9.97. The van der Waals surface area contributed by atoms with Gasteiger partial charge in [0, 0.05) is 21.4 Å². The molecular formula is C22H13ClO. The second-order valence-electron chi connectivity index (χ2n) is 5.96. The van der Waals surface area contributed by atoms with Gasteiger partial charge in [-0.15, -0.1) is 0 Å². The van der Waals surface area contributed by atoms with Crippen molar-refractivity contribution in [2.24, 2.45) is 0 Å². The molecule has 0 atom stereocenters. The number of benzene rings is 4. The van der Waals surface area contributed by atoms with Crippen LogP contribution in [0.15, 0.2) is 83.3 Å². The monoisotopic (exact) mass is 328 g/mol. The number of halogens is 1. The van der Waals surface area contributed by atoms with Crippen LogP contribution in [0.1, 0.15) is 0 Å². The lowest BCUT2D eigenvalue weighted by Gasteiger charge is -2.08. The normalized spacial score (nSPS) is 11.5. The molecule has 1 heterocycles. The molecule has 24 heavy (non-hydrogen) atoms. The van der Waals surface area contributed by atoms with Gasteiger partial charge >= 0.3 is 0 Å². The van der Waals surface area contributed by atoms with E-state index in [0.717, 1.165) is 38.1 Å². The number of hydrogen-bond acceptors (Lipinski definition) is 1. The standard InChI is InChI=1S/C22H13ClO/c23-18-11-12-20-22(17-7-3-4-8-19(17)24-20)21(18)16-10-9-14-5-1-2-6-15(14)13-16/h1-13H. The first-order valence-corrected chi connectivity index (χ1v) is 8.28. The Morgan fingerprint density at radius 2 is 1.46 bits per heavy atom. The summed E-state index contributed by atoms with van der Waals surface area (Å²) < 4.78 is 6.00. The minimum atomic E-state index is 0.740. The molecule has 2 heteroatoms. The molecule has 5 aromatic rings. The van der Waals surface area contributed by atoms with Crippen molar-refractivity contribution in [3.63, 3.8) is 0 Å². The maximum Gasteiger partial charge on any atom is 0.136 e. The van der Waals surface area contributed by atoms with E-state index in [1.165, 1.54) is 10.8 Å². The van der Waals surface area contributed by atoms with Gasteiger partial charge in [0.2, 0.25) is 0 Å². The topological polar surface area (TPSA) is 13.1 Å². The highest BCUT2D eigenvalue weighted by Gasteiger charge is 2.15. The molecule has 0 aliphatic rings. The predicted molar refractivity (Wildman–Crippen MR) is 102 cm³/mol. The number of para-hydroxylation sites is 1. The maximum absolute atomic E-state index is 6.60. The Kier molecular flexibility index (Phi) is 2.91. The number of fused-ring (bicyclic) bond motifs is 4. The van der Waals surface area contributed by atoms with Crippen molar-refractivity contribution in [2.75, 3.05) is 0 Å². The number of hydrogen-bond donors (Lipinski definition) is 0. The third kappa shape index (κ3) is 1.95. The Bertz CT molecular complexity index is 1220. The molecule has 4 aromatic carbocycles. The first-order valence-electron chi connectivity index (χ1n) is 7.90. The van der Waals surface area contributed by atoms with Gasteiger partial charge in [0.05, 0.1) is 0 Å². The van der Waals surface area contributed by atoms with Crippen molar-refractivity contribution < 1.29 is 4.42 Å². The van der Waals surface area contributed by atoms with Crippen LogP contribution in [0, 0.1) is 0 Å². The Morgan fingerprint density at radius 1 is 0.667 bits per heavy atom. The third-order valence-corrected chi connectivity index (χ3v) is 4.85. The molecule has 0 radical (unpaired) electrons. The van der Waals surface area contributed by atoms with Crippen LogP contribution in [-0.4, -0.2) is 0 Å². The minimum absolute atomic E-state index is 0.740. The fourth-order valence-electron chi connectivity index (χ4n) is 3.42. The van der Waals surface area contributed by atoms with E-state index in [9.17, 15) is 0 Å². The van der Waals surface area contributed by atoms with Crippen LogP contribution in [-0.2, 0) is 0 Å². The van der Waals surface area contributed by atoms with E-state index in [-0.39, 0.29) is 0 Å². The zero-order valence-corrected chi connectivity index (χ0v) is 13.5. The van der Waals surface area contributed by atoms with Gasteiger partial charge in [-0.2, -0.15) is 0 Å². The molecule has 1 aromatic heterocycles. The highest BCUT2D eigenvalue weighted by Crippen LogP contribution is 2.41. The molecule has 0 saturated heterocycles. The van der Waals surface area contributed by atoms with E-state index in [1.54, 1.807) is 0 Å². The molecule has 0 bridgehead atoms. The summed E-state index contributed by atoms with van der Waals surface area (Å²) in [5.74, 6) is 0. The lowest BCUT2D eigenvalue weighted by molar-refractivity contribution is 0.669. The van der Waals surface area contributed by atoms with E-state index in [1.807, 2.05) is 30.3 Å². The summed E-state index contributed by atoms with van der Waals surface area (Å²) in [6.07, 6.45) is 0. The smallest absolute Gasteiger partial charge is 0.136 e. The van der Waals surface area contributed by atoms with Crippen molar-refractivity contribution in [2.45, 2.75) is 0 Å². The van der Waals surface area contributed by atoms with Crippen LogP contribution < -0.4 is 0 Å². The van der Waals surface area contributed by atoms with Crippen molar-refractivity contribution >= 4 is 44.3 Å². The van der Waals surface area contributed by atoms with Gasteiger partial charge < -0.3 is 4.42 Å². The average Bonchev–Trinajstić information content (AvgIpc) is 3.00. The second kappa shape index (κ2) is 5.12. The Morgan fingerprint density at radius 3 is 2.38 bits per heavy atom. The summed E-state index contributed by atoms with van der Waals surface area (Å²) in [4.78, 5) is 0. The van der Waals surface area contributed by atoms with Crippen molar-refractivity contribution in [3.8, 4) is 11.1 Å². The minimum Gasteiger partial charge on any atom is -0.456 e. The largest absolute Gasteiger partial charge is 0.456 e. The molecule has 0 N–H and O–H groups in total. The Hall–Kier alpha value is -2.77. The molecule has 0 spiro atoms. The molecule has 1 nitrogen and oxygen atoms in total. The van der Waals surface area contributed by atoms with Crippen LogP contribution >= 0.6 is 11.6 Å². The van der Waals surface area contributed by atoms with Crippen LogP contribution in [0.4, 0.5) is 0 Å². The lowest BCUT2D eigenvalue weighted by Crippen LogP contribution is -1.83. The van der Waals surface area contributed by atoms with Crippen molar-refractivity contribution in [1.29, 1.82) is 0 Å². The first kappa shape index (κ1) is 13.6. The Balaban J connectivity index is 1.91. The van der Waals surface area contributed by atoms with E-state index in [0.29, 0.717) is 0 Å². The second-order valence-corrected chi connectivity index (χ2v) is 6.36. The molecule has 0 aliphatic heterocycles. The summed E-state index contributed by atoms with van der Waals surface area (Å²) in [5.41, 5.74) is 3.89. The summed E-state index contributed by atoms with van der Waals surface area (Å²) in [6, 6.07) is 26.8. The highest BCUT2D eigenvalue weighted by molar-refractivity contribution is 6.36. The van der Waals surface area contributed by atoms with Gasteiger partial charge in [0.25, 0.3) is 0 Å². The van der Waals surface area contributed by atoms with Gasteiger partial charge in [-0.05, 0) is 40.6 Å². The van der Waals surface area contributed by atoms with Crippen molar-refractivity contribution in [1.82, 2.24) is 0 Å². The molecule has 0 fully saturated rings. The summed E-state index contributed by atoms with van der Waals surface area (Å²) in [6.45, 7) is 0. The van der Waals surface area contributed by atoms with Crippen LogP contribution in [0.5, 0.6) is 0 Å². The molecule has 0 saturated carbocycles. The highest BCUT2D eigenvalue weighted by atomic mass is 35.5. The summed E-state index contributed by atoms with van der Waals surface area (Å²) >= 11 is 6.60. The molecule has 114 valence electrons. The molecule has 0 unspecified atom stereocenters. The van der Waals surface area contributed by atoms with E-state index < -0.39 is 0 Å². The van der Waals surface area contributed by atoms with E-state index in [2.05, 4.69) is 48.5 Å².